The third kappa shape index (κ3) is 2.86. The minimum atomic E-state index is -0.844. The lowest BCUT2D eigenvalue weighted by molar-refractivity contribution is -0.0459. The summed E-state index contributed by atoms with van der Waals surface area (Å²) in [6.07, 6.45) is 0.746. The van der Waals surface area contributed by atoms with Gasteiger partial charge < -0.3 is 14.9 Å². The monoisotopic (exact) mass is 332 g/mol. The minimum absolute atomic E-state index is 0.175. The zero-order valence-electron chi connectivity index (χ0n) is 9.82. The first-order chi connectivity index (χ1) is 9.06. The molecule has 0 unspecified atom stereocenters. The molecule has 104 valence electrons. The number of nitrogens with one attached hydrogen (secondary N) is 1. The number of nitrogens with zero attached hydrogens (tertiary/aromatic N) is 1. The zero-order valence-corrected chi connectivity index (χ0v) is 11.4. The number of hydrogen-bond donors (Lipinski definition) is 3. The highest BCUT2D eigenvalue weighted by atomic mass is 79.9. The fraction of sp³-hybridized carbons (Fsp3) is 0.455. The van der Waals surface area contributed by atoms with Crippen LogP contribution in [0.15, 0.2) is 20.8 Å². The van der Waals surface area contributed by atoms with Crippen LogP contribution in [0, 0.1) is 0 Å². The number of aliphatic hydroxyl groups excluding tert-OH is 2. The highest BCUT2D eigenvalue weighted by molar-refractivity contribution is 9.11. The number of aromatic amines is 1. The van der Waals surface area contributed by atoms with Crippen LogP contribution in [0.2, 0.25) is 0 Å². The van der Waals surface area contributed by atoms with Crippen molar-refractivity contribution in [3.05, 3.63) is 37.6 Å². The van der Waals surface area contributed by atoms with E-state index in [0.29, 0.717) is 0 Å². The van der Waals surface area contributed by atoms with Gasteiger partial charge in [0.15, 0.2) is 0 Å². The maximum absolute atomic E-state index is 11.7. The average Bonchev–Trinajstić information content (AvgIpc) is 2.74. The van der Waals surface area contributed by atoms with Crippen LogP contribution in [-0.2, 0) is 4.74 Å². The molecule has 3 N–H and O–H groups in total. The van der Waals surface area contributed by atoms with Crippen molar-refractivity contribution in [1.29, 1.82) is 0 Å². The van der Waals surface area contributed by atoms with Gasteiger partial charge in [-0.05, 0) is 11.1 Å². The van der Waals surface area contributed by atoms with Gasteiger partial charge in [0.1, 0.15) is 12.3 Å². The molecule has 2 heterocycles. The maximum Gasteiger partial charge on any atom is 0.330 e. The molecule has 1 aliphatic heterocycles. The summed E-state index contributed by atoms with van der Waals surface area (Å²) in [6.45, 7) is -0.329. The quantitative estimate of drug-likeness (QED) is 0.695. The highest BCUT2D eigenvalue weighted by Crippen LogP contribution is 2.27. The fourth-order valence-electron chi connectivity index (χ4n) is 1.95. The van der Waals surface area contributed by atoms with Gasteiger partial charge in [0.2, 0.25) is 0 Å². The van der Waals surface area contributed by atoms with Crippen LogP contribution in [-0.4, -0.2) is 38.6 Å². The van der Waals surface area contributed by atoms with Crippen LogP contribution >= 0.6 is 15.9 Å². The Morgan fingerprint density at radius 2 is 2.32 bits per heavy atom. The van der Waals surface area contributed by atoms with Gasteiger partial charge in [0.05, 0.1) is 18.3 Å². The number of ether oxygens (including phenoxy) is 1. The van der Waals surface area contributed by atoms with Gasteiger partial charge >= 0.3 is 5.69 Å². The van der Waals surface area contributed by atoms with Gasteiger partial charge in [0.25, 0.3) is 5.56 Å². The smallest absolute Gasteiger partial charge is 0.330 e. The van der Waals surface area contributed by atoms with Crippen molar-refractivity contribution in [2.24, 2.45) is 0 Å². The van der Waals surface area contributed by atoms with Crippen LogP contribution in [0.3, 0.4) is 0 Å². The molecular weight excluding hydrogens is 320 g/mol. The van der Waals surface area contributed by atoms with E-state index >= 15 is 0 Å². The molecule has 0 saturated carbocycles. The first-order valence-corrected chi connectivity index (χ1v) is 6.55. The van der Waals surface area contributed by atoms with E-state index in [0.717, 1.165) is 0 Å². The Hall–Kier alpha value is -1.22. The molecule has 8 heteroatoms. The van der Waals surface area contributed by atoms with Gasteiger partial charge in [-0.2, -0.15) is 0 Å². The molecule has 0 spiro atoms. The summed E-state index contributed by atoms with van der Waals surface area (Å²) < 4.78 is 6.56. The highest BCUT2D eigenvalue weighted by Gasteiger charge is 2.35. The second-order valence-electron chi connectivity index (χ2n) is 4.16. The molecule has 1 fully saturated rings. The summed E-state index contributed by atoms with van der Waals surface area (Å²) in [7, 11) is 0. The number of aromatic nitrogens is 2. The van der Waals surface area contributed by atoms with Crippen LogP contribution < -0.4 is 11.2 Å². The van der Waals surface area contributed by atoms with Crippen LogP contribution in [0.5, 0.6) is 0 Å². The first kappa shape index (κ1) is 14.2. The Labute approximate surface area is 116 Å². The fourth-order valence-corrected chi connectivity index (χ4v) is 2.24. The van der Waals surface area contributed by atoms with Crippen molar-refractivity contribution in [1.82, 2.24) is 9.55 Å². The molecule has 1 saturated heterocycles. The number of aliphatic hydroxyl groups is 2. The van der Waals surface area contributed by atoms with Gasteiger partial charge in [-0.1, -0.05) is 15.9 Å². The van der Waals surface area contributed by atoms with E-state index in [2.05, 4.69) is 20.9 Å². The molecule has 7 nitrogen and oxygen atoms in total. The summed E-state index contributed by atoms with van der Waals surface area (Å²) in [5.74, 6) is 0. The molecule has 1 aromatic heterocycles. The standard InChI is InChI=1S/C11H13BrN2O5/c12-2-1-6-4-14(11(18)13-10(6)17)9-3-7(16)8(5-15)19-9/h1-2,4,7-9,15-16H,3,5H2,(H,13,17,18)/t7-,8+,9-/m0/s1. The summed E-state index contributed by atoms with van der Waals surface area (Å²) in [5.41, 5.74) is -0.844. The second-order valence-corrected chi connectivity index (χ2v) is 4.69. The van der Waals surface area contributed by atoms with Gasteiger partial charge in [-0.15, -0.1) is 0 Å². The Bertz CT molecular complexity index is 593. The van der Waals surface area contributed by atoms with E-state index in [-0.39, 0.29) is 18.6 Å². The van der Waals surface area contributed by atoms with Crippen molar-refractivity contribution in [3.63, 3.8) is 0 Å². The predicted molar refractivity (Wildman–Crippen MR) is 70.9 cm³/mol. The predicted octanol–water partition coefficient (Wildman–Crippen LogP) is -0.457. The molecule has 0 bridgehead atoms. The lowest BCUT2D eigenvalue weighted by Crippen LogP contribution is -2.33. The molecule has 2 rings (SSSR count). The summed E-state index contributed by atoms with van der Waals surface area (Å²) >= 11 is 3.05. The lowest BCUT2D eigenvalue weighted by Gasteiger charge is -2.14. The van der Waals surface area contributed by atoms with E-state index in [1.165, 1.54) is 21.8 Å². The third-order valence-corrected chi connectivity index (χ3v) is 3.20. The number of halogens is 1. The van der Waals surface area contributed by atoms with Crippen molar-refractivity contribution >= 4 is 22.0 Å². The first-order valence-electron chi connectivity index (χ1n) is 5.63. The Kier molecular flexibility index (Phi) is 4.35. The van der Waals surface area contributed by atoms with E-state index < -0.39 is 29.7 Å². The largest absolute Gasteiger partial charge is 0.394 e. The number of hydrogen-bond acceptors (Lipinski definition) is 5. The summed E-state index contributed by atoms with van der Waals surface area (Å²) in [5, 5.41) is 18.7. The molecule has 0 aliphatic carbocycles. The zero-order chi connectivity index (χ0) is 14.0. The van der Waals surface area contributed by atoms with Crippen molar-refractivity contribution in [2.45, 2.75) is 24.9 Å². The van der Waals surface area contributed by atoms with Crippen molar-refractivity contribution in [2.75, 3.05) is 6.61 Å². The molecule has 1 aliphatic rings. The van der Waals surface area contributed by atoms with Crippen molar-refractivity contribution in [3.8, 4) is 0 Å². The number of H-pyrrole nitrogens is 1. The molecule has 1 aromatic rings. The van der Waals surface area contributed by atoms with E-state index in [1.54, 1.807) is 0 Å². The summed E-state index contributed by atoms with van der Waals surface area (Å²) in [6, 6.07) is 0. The van der Waals surface area contributed by atoms with Gasteiger partial charge in [-0.25, -0.2) is 4.79 Å². The Morgan fingerprint density at radius 1 is 1.58 bits per heavy atom. The van der Waals surface area contributed by atoms with Crippen LogP contribution in [0.4, 0.5) is 0 Å². The second kappa shape index (κ2) is 5.83. The molecule has 19 heavy (non-hydrogen) atoms. The van der Waals surface area contributed by atoms with E-state index in [9.17, 15) is 14.7 Å². The van der Waals surface area contributed by atoms with E-state index in [1.807, 2.05) is 0 Å². The maximum atomic E-state index is 11.7. The molecule has 0 aromatic carbocycles. The van der Waals surface area contributed by atoms with Crippen LogP contribution in [0.25, 0.3) is 6.08 Å². The number of rotatable bonds is 3. The minimum Gasteiger partial charge on any atom is -0.394 e. The molecule has 3 atom stereocenters. The van der Waals surface area contributed by atoms with Crippen molar-refractivity contribution < 1.29 is 14.9 Å². The Balaban J connectivity index is 2.38. The third-order valence-electron chi connectivity index (χ3n) is 2.93. The van der Waals surface area contributed by atoms with Gasteiger partial charge in [-0.3, -0.25) is 14.3 Å². The van der Waals surface area contributed by atoms with Crippen LogP contribution in [0.1, 0.15) is 18.2 Å². The molecular formula is C11H13BrN2O5. The molecule has 0 amide bonds. The normalized spacial score (nSPS) is 27.2. The SMILES string of the molecule is O=c1[nH]c(=O)n([C@@H]2C[C@H](O)[C@@H](CO)O2)cc1C=CBr. The summed E-state index contributed by atoms with van der Waals surface area (Å²) in [4.78, 5) is 26.9. The van der Waals surface area contributed by atoms with Gasteiger partial charge in [0, 0.05) is 12.6 Å². The lowest BCUT2D eigenvalue weighted by atomic mass is 10.2. The average molecular weight is 333 g/mol. The van der Waals surface area contributed by atoms with E-state index in [4.69, 9.17) is 9.84 Å². The molecule has 0 radical (unpaired) electrons. The Morgan fingerprint density at radius 3 is 2.89 bits per heavy atom. The topological polar surface area (TPSA) is 105 Å².